The predicted molar refractivity (Wildman–Crippen MR) is 110 cm³/mol. The highest BCUT2D eigenvalue weighted by Gasteiger charge is 2.01. The van der Waals surface area contributed by atoms with E-state index in [1.807, 2.05) is 0 Å². The summed E-state index contributed by atoms with van der Waals surface area (Å²) in [4.78, 5) is 23.0. The van der Waals surface area contributed by atoms with Gasteiger partial charge in [-0.3, -0.25) is 0 Å². The first-order valence-corrected chi connectivity index (χ1v) is 10.9. The van der Waals surface area contributed by atoms with Gasteiger partial charge in [0.1, 0.15) is 0 Å². The minimum absolute atomic E-state index is 0.268. The van der Waals surface area contributed by atoms with Gasteiger partial charge in [0, 0.05) is 25.4 Å². The second kappa shape index (κ2) is 21.9. The Morgan fingerprint density at radius 1 is 0.500 bits per heavy atom. The van der Waals surface area contributed by atoms with Gasteiger partial charge in [0.2, 0.25) is 0 Å². The molecule has 0 amide bonds. The number of hydrogen-bond acceptors (Lipinski definition) is 6. The van der Waals surface area contributed by atoms with Gasteiger partial charge < -0.3 is 19.7 Å². The summed E-state index contributed by atoms with van der Waals surface area (Å²) in [6.45, 7) is 1.27. The fourth-order valence-electron chi connectivity index (χ4n) is 2.77. The third kappa shape index (κ3) is 20.9. The van der Waals surface area contributed by atoms with Gasteiger partial charge in [-0.2, -0.15) is 0 Å². The number of aliphatic hydroxyl groups excluding tert-OH is 2. The standard InChI is InChI=1S/C22H40O6/c23-17-11-7-3-1-5-9-13-19-27-21(25)15-16-22(26)28-20-14-10-6-2-4-8-12-18-24/h15-16,23-24H,1-14,17-20H2/b16-15+. The first-order valence-electron chi connectivity index (χ1n) is 10.9. The van der Waals surface area contributed by atoms with E-state index in [-0.39, 0.29) is 13.2 Å². The molecule has 0 saturated carbocycles. The third-order valence-electron chi connectivity index (χ3n) is 4.45. The Hall–Kier alpha value is -1.40. The number of rotatable bonds is 20. The minimum Gasteiger partial charge on any atom is -0.463 e. The lowest BCUT2D eigenvalue weighted by Crippen LogP contribution is -2.06. The molecule has 0 spiro atoms. The molecule has 28 heavy (non-hydrogen) atoms. The minimum atomic E-state index is -0.511. The topological polar surface area (TPSA) is 93.1 Å². The summed E-state index contributed by atoms with van der Waals surface area (Å²) in [7, 11) is 0. The zero-order valence-electron chi connectivity index (χ0n) is 17.4. The van der Waals surface area contributed by atoms with Crippen LogP contribution in [0.1, 0.15) is 89.9 Å². The highest BCUT2D eigenvalue weighted by atomic mass is 16.5. The van der Waals surface area contributed by atoms with Gasteiger partial charge in [0.05, 0.1) is 13.2 Å². The van der Waals surface area contributed by atoms with Crippen molar-refractivity contribution in [2.75, 3.05) is 26.4 Å². The van der Waals surface area contributed by atoms with Crippen molar-refractivity contribution in [2.24, 2.45) is 0 Å². The Morgan fingerprint density at radius 2 is 0.786 bits per heavy atom. The Kier molecular flexibility index (Phi) is 20.8. The van der Waals surface area contributed by atoms with Crippen molar-refractivity contribution in [3.05, 3.63) is 12.2 Å². The van der Waals surface area contributed by atoms with Crippen LogP contribution in [0.3, 0.4) is 0 Å². The molecule has 0 aliphatic heterocycles. The molecule has 0 radical (unpaired) electrons. The molecule has 0 rings (SSSR count). The second-order valence-electron chi connectivity index (χ2n) is 7.07. The zero-order valence-corrected chi connectivity index (χ0v) is 17.4. The smallest absolute Gasteiger partial charge is 0.331 e. The van der Waals surface area contributed by atoms with Crippen LogP contribution in [-0.4, -0.2) is 48.6 Å². The van der Waals surface area contributed by atoms with Crippen LogP contribution in [0.15, 0.2) is 12.2 Å². The summed E-state index contributed by atoms with van der Waals surface area (Å²) >= 11 is 0. The molecular weight excluding hydrogens is 360 g/mol. The van der Waals surface area contributed by atoms with E-state index >= 15 is 0 Å². The lowest BCUT2D eigenvalue weighted by Gasteiger charge is -2.03. The lowest BCUT2D eigenvalue weighted by molar-refractivity contribution is -0.140. The van der Waals surface area contributed by atoms with Crippen LogP contribution in [0, 0.1) is 0 Å². The molecule has 0 bridgehead atoms. The molecule has 0 fully saturated rings. The maximum atomic E-state index is 11.5. The normalized spacial score (nSPS) is 11.1. The first kappa shape index (κ1) is 26.6. The van der Waals surface area contributed by atoms with Gasteiger partial charge in [-0.15, -0.1) is 0 Å². The fraction of sp³-hybridized carbons (Fsp3) is 0.818. The van der Waals surface area contributed by atoms with E-state index in [0.29, 0.717) is 13.2 Å². The van der Waals surface area contributed by atoms with Crippen LogP contribution in [0.4, 0.5) is 0 Å². The summed E-state index contributed by atoms with van der Waals surface area (Å²) in [6.07, 6.45) is 16.6. The number of hydrogen-bond donors (Lipinski definition) is 2. The summed E-state index contributed by atoms with van der Waals surface area (Å²) in [5.41, 5.74) is 0. The SMILES string of the molecule is O=C(/C=C/C(=O)OCCCCCCCCCO)OCCCCCCCCCO. The molecule has 0 heterocycles. The molecule has 0 aromatic rings. The molecule has 0 saturated heterocycles. The average Bonchev–Trinajstić information content (AvgIpc) is 2.69. The van der Waals surface area contributed by atoms with E-state index in [1.54, 1.807) is 0 Å². The van der Waals surface area contributed by atoms with Crippen molar-refractivity contribution < 1.29 is 29.3 Å². The fourth-order valence-corrected chi connectivity index (χ4v) is 2.77. The summed E-state index contributed by atoms with van der Waals surface area (Å²) in [6, 6.07) is 0. The van der Waals surface area contributed by atoms with E-state index in [0.717, 1.165) is 102 Å². The number of aliphatic hydroxyl groups is 2. The quantitative estimate of drug-likeness (QED) is 0.182. The highest BCUT2D eigenvalue weighted by Crippen LogP contribution is 2.08. The molecule has 0 aromatic heterocycles. The van der Waals surface area contributed by atoms with Crippen LogP contribution in [0.5, 0.6) is 0 Å². The van der Waals surface area contributed by atoms with Gasteiger partial charge >= 0.3 is 11.9 Å². The number of ether oxygens (including phenoxy) is 2. The molecule has 0 unspecified atom stereocenters. The number of esters is 2. The monoisotopic (exact) mass is 400 g/mol. The molecule has 6 nitrogen and oxygen atoms in total. The number of carbonyl (C=O) groups is 2. The van der Waals surface area contributed by atoms with Gasteiger partial charge in [-0.25, -0.2) is 9.59 Å². The van der Waals surface area contributed by atoms with Crippen molar-refractivity contribution in [1.29, 1.82) is 0 Å². The Morgan fingerprint density at radius 3 is 1.11 bits per heavy atom. The summed E-state index contributed by atoms with van der Waals surface area (Å²) in [5.74, 6) is -1.02. The van der Waals surface area contributed by atoms with Crippen LogP contribution < -0.4 is 0 Å². The van der Waals surface area contributed by atoms with Gasteiger partial charge in [-0.05, 0) is 25.7 Å². The Balaban J connectivity index is 3.43. The maximum absolute atomic E-state index is 11.5. The maximum Gasteiger partial charge on any atom is 0.331 e. The molecule has 2 N–H and O–H groups in total. The van der Waals surface area contributed by atoms with Crippen LogP contribution in [-0.2, 0) is 19.1 Å². The van der Waals surface area contributed by atoms with E-state index in [2.05, 4.69) is 0 Å². The highest BCUT2D eigenvalue weighted by molar-refractivity contribution is 5.91. The van der Waals surface area contributed by atoms with E-state index in [9.17, 15) is 9.59 Å². The van der Waals surface area contributed by atoms with E-state index < -0.39 is 11.9 Å². The van der Waals surface area contributed by atoms with Crippen molar-refractivity contribution >= 4 is 11.9 Å². The third-order valence-corrected chi connectivity index (χ3v) is 4.45. The van der Waals surface area contributed by atoms with Gasteiger partial charge in [-0.1, -0.05) is 64.2 Å². The zero-order chi connectivity index (χ0) is 20.7. The molecule has 0 atom stereocenters. The van der Waals surface area contributed by atoms with Gasteiger partial charge in [0.15, 0.2) is 0 Å². The first-order chi connectivity index (χ1) is 13.7. The van der Waals surface area contributed by atoms with Gasteiger partial charge in [0.25, 0.3) is 0 Å². The van der Waals surface area contributed by atoms with E-state index in [4.69, 9.17) is 19.7 Å². The molecule has 0 aromatic carbocycles. The largest absolute Gasteiger partial charge is 0.463 e. The molecule has 6 heteroatoms. The Bertz CT molecular complexity index is 358. The lowest BCUT2D eigenvalue weighted by atomic mass is 10.1. The van der Waals surface area contributed by atoms with Crippen molar-refractivity contribution in [3.63, 3.8) is 0 Å². The molecule has 164 valence electrons. The van der Waals surface area contributed by atoms with Crippen molar-refractivity contribution in [3.8, 4) is 0 Å². The van der Waals surface area contributed by atoms with Crippen molar-refractivity contribution in [2.45, 2.75) is 89.9 Å². The summed E-state index contributed by atoms with van der Waals surface area (Å²) < 4.78 is 10.1. The number of carbonyl (C=O) groups excluding carboxylic acids is 2. The molecule has 0 aliphatic carbocycles. The number of unbranched alkanes of at least 4 members (excludes halogenated alkanes) is 12. The molecular formula is C22H40O6. The van der Waals surface area contributed by atoms with Crippen molar-refractivity contribution in [1.82, 2.24) is 0 Å². The predicted octanol–water partition coefficient (Wildman–Crippen LogP) is 4.08. The van der Waals surface area contributed by atoms with E-state index in [1.165, 1.54) is 0 Å². The second-order valence-corrected chi connectivity index (χ2v) is 7.07. The summed E-state index contributed by atoms with van der Waals surface area (Å²) in [5, 5.41) is 17.4. The van der Waals surface area contributed by atoms with Crippen LogP contribution in [0.2, 0.25) is 0 Å². The average molecular weight is 401 g/mol. The Labute approximate surface area is 170 Å². The van der Waals surface area contributed by atoms with Crippen LogP contribution in [0.25, 0.3) is 0 Å². The van der Waals surface area contributed by atoms with Crippen LogP contribution >= 0.6 is 0 Å². The molecule has 0 aliphatic rings.